The van der Waals surface area contributed by atoms with E-state index in [0.29, 0.717) is 0 Å². The highest BCUT2D eigenvalue weighted by atomic mass is 14.9. The Bertz CT molecular complexity index is 964. The molecule has 2 heteroatoms. The zero-order chi connectivity index (χ0) is 14.4. The van der Waals surface area contributed by atoms with Crippen LogP contribution in [0.15, 0.2) is 66.9 Å². The highest BCUT2D eigenvalue weighted by Gasteiger charge is 2.16. The van der Waals surface area contributed by atoms with E-state index >= 15 is 0 Å². The molecule has 0 aliphatic rings. The Morgan fingerprint density at radius 3 is 2.62 bits per heavy atom. The Hall–Kier alpha value is -2.61. The van der Waals surface area contributed by atoms with Crippen molar-refractivity contribution in [2.75, 3.05) is 0 Å². The van der Waals surface area contributed by atoms with Crippen molar-refractivity contribution in [2.24, 2.45) is 7.05 Å². The first-order chi connectivity index (χ1) is 10.3. The molecule has 0 fully saturated rings. The number of aryl methyl sites for hydroxylation is 2. The minimum Gasteiger partial charge on any atom is -0.320 e. The Morgan fingerprint density at radius 1 is 0.857 bits per heavy atom. The van der Waals surface area contributed by atoms with Gasteiger partial charge in [0.05, 0.1) is 5.56 Å². The van der Waals surface area contributed by atoms with E-state index in [1.54, 1.807) is 0 Å². The minimum atomic E-state index is 1.24. The standard InChI is InChI=1S/C19H17N2/c1-14-17(11-10-16-7-5-13-21(14)16)19-12-9-15-6-3-4-8-18(15)20(19)2/h3-13H,1-2H3/q+1. The van der Waals surface area contributed by atoms with Gasteiger partial charge in [0.2, 0.25) is 11.2 Å². The molecule has 0 N–H and O–H groups in total. The van der Waals surface area contributed by atoms with Gasteiger partial charge in [-0.05, 0) is 43.3 Å². The van der Waals surface area contributed by atoms with Gasteiger partial charge >= 0.3 is 0 Å². The third kappa shape index (κ3) is 1.76. The molecule has 0 spiro atoms. The Balaban J connectivity index is 2.04. The number of para-hydroxylation sites is 1. The summed E-state index contributed by atoms with van der Waals surface area (Å²) in [5.74, 6) is 0. The minimum absolute atomic E-state index is 1.24. The molecule has 4 rings (SSSR count). The highest BCUT2D eigenvalue weighted by molar-refractivity contribution is 5.78. The van der Waals surface area contributed by atoms with Gasteiger partial charge < -0.3 is 4.40 Å². The van der Waals surface area contributed by atoms with E-state index in [1.807, 2.05) is 0 Å². The van der Waals surface area contributed by atoms with Crippen molar-refractivity contribution in [1.29, 1.82) is 0 Å². The van der Waals surface area contributed by atoms with E-state index in [1.165, 1.54) is 33.4 Å². The summed E-state index contributed by atoms with van der Waals surface area (Å²) in [4.78, 5) is 0. The molecule has 21 heavy (non-hydrogen) atoms. The molecule has 0 aliphatic carbocycles. The van der Waals surface area contributed by atoms with Gasteiger partial charge in [0.1, 0.15) is 7.05 Å². The van der Waals surface area contributed by atoms with Crippen LogP contribution in [0.4, 0.5) is 0 Å². The molecule has 3 aromatic heterocycles. The fourth-order valence-electron chi connectivity index (χ4n) is 3.14. The van der Waals surface area contributed by atoms with E-state index in [9.17, 15) is 0 Å². The highest BCUT2D eigenvalue weighted by Crippen LogP contribution is 2.24. The molecule has 4 aromatic rings. The van der Waals surface area contributed by atoms with Crippen molar-refractivity contribution in [3.63, 3.8) is 0 Å². The summed E-state index contributed by atoms with van der Waals surface area (Å²) in [6, 6.07) is 21.5. The predicted octanol–water partition coefficient (Wildman–Crippen LogP) is 3.89. The number of hydrogen-bond acceptors (Lipinski definition) is 0. The van der Waals surface area contributed by atoms with Gasteiger partial charge in [-0.25, -0.2) is 0 Å². The van der Waals surface area contributed by atoms with Gasteiger partial charge in [0.25, 0.3) is 0 Å². The number of hydrogen-bond donors (Lipinski definition) is 0. The van der Waals surface area contributed by atoms with Crippen LogP contribution in [-0.2, 0) is 7.05 Å². The molecule has 1 aromatic carbocycles. The zero-order valence-corrected chi connectivity index (χ0v) is 12.2. The first-order valence-electron chi connectivity index (χ1n) is 7.20. The summed E-state index contributed by atoms with van der Waals surface area (Å²) in [7, 11) is 2.14. The average molecular weight is 273 g/mol. The summed E-state index contributed by atoms with van der Waals surface area (Å²) in [6.45, 7) is 2.18. The number of fused-ring (bicyclic) bond motifs is 2. The van der Waals surface area contributed by atoms with Crippen molar-refractivity contribution in [1.82, 2.24) is 4.40 Å². The Morgan fingerprint density at radius 2 is 1.71 bits per heavy atom. The lowest BCUT2D eigenvalue weighted by Gasteiger charge is -2.09. The van der Waals surface area contributed by atoms with Crippen molar-refractivity contribution < 1.29 is 4.57 Å². The van der Waals surface area contributed by atoms with E-state index in [-0.39, 0.29) is 0 Å². The lowest BCUT2D eigenvalue weighted by atomic mass is 10.1. The zero-order valence-electron chi connectivity index (χ0n) is 12.2. The van der Waals surface area contributed by atoms with Crippen LogP contribution in [-0.4, -0.2) is 4.40 Å². The lowest BCUT2D eigenvalue weighted by molar-refractivity contribution is -0.633. The smallest absolute Gasteiger partial charge is 0.214 e. The molecule has 0 saturated carbocycles. The fourth-order valence-corrected chi connectivity index (χ4v) is 3.14. The quantitative estimate of drug-likeness (QED) is 0.465. The molecule has 0 radical (unpaired) electrons. The maximum absolute atomic E-state index is 2.27. The third-order valence-corrected chi connectivity index (χ3v) is 4.31. The van der Waals surface area contributed by atoms with Crippen LogP contribution in [0, 0.1) is 6.92 Å². The van der Waals surface area contributed by atoms with E-state index in [4.69, 9.17) is 0 Å². The van der Waals surface area contributed by atoms with Crippen molar-refractivity contribution in [3.8, 4) is 11.3 Å². The average Bonchev–Trinajstić information content (AvgIpc) is 2.99. The third-order valence-electron chi connectivity index (χ3n) is 4.31. The van der Waals surface area contributed by atoms with Crippen LogP contribution in [0.2, 0.25) is 0 Å². The summed E-state index contributed by atoms with van der Waals surface area (Å²) in [6.07, 6.45) is 2.12. The number of benzene rings is 1. The second-order valence-electron chi connectivity index (χ2n) is 5.47. The number of rotatable bonds is 1. The maximum Gasteiger partial charge on any atom is 0.214 e. The van der Waals surface area contributed by atoms with Crippen LogP contribution < -0.4 is 4.57 Å². The normalized spacial score (nSPS) is 11.3. The summed E-state index contributed by atoms with van der Waals surface area (Å²) in [5.41, 5.74) is 6.26. The van der Waals surface area contributed by atoms with E-state index < -0.39 is 0 Å². The monoisotopic (exact) mass is 273 g/mol. The van der Waals surface area contributed by atoms with Gasteiger partial charge in [-0.3, -0.25) is 0 Å². The van der Waals surface area contributed by atoms with Gasteiger partial charge in [-0.1, -0.05) is 12.1 Å². The topological polar surface area (TPSA) is 8.29 Å². The molecular formula is C19H17N2+. The first kappa shape index (κ1) is 12.2. The van der Waals surface area contributed by atoms with Crippen LogP contribution in [0.3, 0.4) is 0 Å². The lowest BCUT2D eigenvalue weighted by Crippen LogP contribution is -2.32. The van der Waals surface area contributed by atoms with Crippen molar-refractivity contribution in [3.05, 3.63) is 72.6 Å². The van der Waals surface area contributed by atoms with E-state index in [0.717, 1.165) is 0 Å². The molecule has 0 unspecified atom stereocenters. The molecule has 0 saturated heterocycles. The molecule has 0 bridgehead atoms. The predicted molar refractivity (Wildman–Crippen MR) is 86.3 cm³/mol. The maximum atomic E-state index is 2.27. The molecule has 3 heterocycles. The molecule has 102 valence electrons. The Labute approximate surface area is 123 Å². The molecule has 2 nitrogen and oxygen atoms in total. The van der Waals surface area contributed by atoms with Gasteiger partial charge in [0, 0.05) is 34.9 Å². The summed E-state index contributed by atoms with van der Waals surface area (Å²) in [5, 5.41) is 1.27. The van der Waals surface area contributed by atoms with Crippen LogP contribution >= 0.6 is 0 Å². The van der Waals surface area contributed by atoms with Gasteiger partial charge in [0.15, 0.2) is 0 Å². The van der Waals surface area contributed by atoms with Gasteiger partial charge in [-0.15, -0.1) is 0 Å². The molecule has 0 atom stereocenters. The fraction of sp³-hybridized carbons (Fsp3) is 0.105. The summed E-state index contributed by atoms with van der Waals surface area (Å²) < 4.78 is 4.51. The molecule has 0 amide bonds. The first-order valence-corrected chi connectivity index (χ1v) is 7.20. The van der Waals surface area contributed by atoms with Gasteiger partial charge in [-0.2, -0.15) is 4.57 Å². The van der Waals surface area contributed by atoms with Crippen LogP contribution in [0.25, 0.3) is 27.7 Å². The Kier molecular flexibility index (Phi) is 2.58. The van der Waals surface area contributed by atoms with Crippen LogP contribution in [0.5, 0.6) is 0 Å². The van der Waals surface area contributed by atoms with Crippen LogP contribution in [0.1, 0.15) is 5.69 Å². The van der Waals surface area contributed by atoms with Crippen molar-refractivity contribution >= 4 is 16.4 Å². The van der Waals surface area contributed by atoms with E-state index in [2.05, 4.69) is 89.8 Å². The second kappa shape index (κ2) is 4.45. The summed E-state index contributed by atoms with van der Waals surface area (Å²) >= 11 is 0. The number of aromatic nitrogens is 2. The number of pyridine rings is 2. The number of nitrogens with zero attached hydrogens (tertiary/aromatic N) is 2. The second-order valence-corrected chi connectivity index (χ2v) is 5.47. The molecular weight excluding hydrogens is 256 g/mol. The largest absolute Gasteiger partial charge is 0.320 e. The SMILES string of the molecule is Cc1c(-c2ccc3ccccc3[n+]2C)ccc2cccn12. The van der Waals surface area contributed by atoms with Crippen molar-refractivity contribution in [2.45, 2.75) is 6.92 Å². The molecule has 0 aliphatic heterocycles.